The number of nitrogens with one attached hydrogen (secondary N) is 1. The minimum Gasteiger partial charge on any atom is -0.392 e. The molecule has 0 spiro atoms. The van der Waals surface area contributed by atoms with Crippen LogP contribution in [0.5, 0.6) is 0 Å². The molecule has 2 heterocycles. The number of pyridine rings is 1. The number of aliphatic hydroxyl groups is 1. The molecule has 0 radical (unpaired) electrons. The first-order valence-corrected chi connectivity index (χ1v) is 6.22. The zero-order valence-corrected chi connectivity index (χ0v) is 10.5. The molecule has 2 unspecified atom stereocenters. The van der Waals surface area contributed by atoms with Gasteiger partial charge in [-0.1, -0.05) is 0 Å². The second-order valence-electron chi connectivity index (χ2n) is 4.72. The van der Waals surface area contributed by atoms with E-state index in [1.807, 2.05) is 12.1 Å². The van der Waals surface area contributed by atoms with Crippen molar-refractivity contribution >= 4 is 5.91 Å². The van der Waals surface area contributed by atoms with Crippen LogP contribution in [0.4, 0.5) is 0 Å². The predicted molar refractivity (Wildman–Crippen MR) is 68.0 cm³/mol. The van der Waals surface area contributed by atoms with E-state index in [4.69, 9.17) is 0 Å². The van der Waals surface area contributed by atoms with Crippen LogP contribution < -0.4 is 5.32 Å². The molecule has 0 saturated carbocycles. The number of β-amino-alcohol motifs (C(OH)–C–C–N with tert-alkyl or cyclic N) is 1. The van der Waals surface area contributed by atoms with E-state index in [9.17, 15) is 9.90 Å². The summed E-state index contributed by atoms with van der Waals surface area (Å²) in [6, 6.07) is 3.67. The van der Waals surface area contributed by atoms with Crippen molar-refractivity contribution in [2.24, 2.45) is 0 Å². The van der Waals surface area contributed by atoms with Crippen LogP contribution in [0.3, 0.4) is 0 Å². The van der Waals surface area contributed by atoms with Gasteiger partial charge < -0.3 is 15.3 Å². The summed E-state index contributed by atoms with van der Waals surface area (Å²) in [5, 5.41) is 12.4. The highest BCUT2D eigenvalue weighted by Gasteiger charge is 2.29. The Morgan fingerprint density at radius 1 is 1.56 bits per heavy atom. The normalized spacial score (nSPS) is 23.0. The van der Waals surface area contributed by atoms with Crippen molar-refractivity contribution in [3.8, 4) is 0 Å². The first-order chi connectivity index (χ1) is 8.66. The summed E-state index contributed by atoms with van der Waals surface area (Å²) >= 11 is 0. The van der Waals surface area contributed by atoms with E-state index in [0.717, 1.165) is 6.42 Å². The first kappa shape index (κ1) is 13.0. The van der Waals surface area contributed by atoms with Gasteiger partial charge in [0.2, 0.25) is 5.91 Å². The van der Waals surface area contributed by atoms with Gasteiger partial charge in [0.05, 0.1) is 12.1 Å². The molecule has 1 fully saturated rings. The maximum absolute atomic E-state index is 12.1. The Hall–Kier alpha value is -1.46. The average Bonchev–Trinajstić information content (AvgIpc) is 2.83. The van der Waals surface area contributed by atoms with Crippen LogP contribution in [0.25, 0.3) is 0 Å². The highest BCUT2D eigenvalue weighted by atomic mass is 16.3. The number of hydrogen-bond acceptors (Lipinski definition) is 4. The van der Waals surface area contributed by atoms with Crippen LogP contribution in [0.15, 0.2) is 24.5 Å². The van der Waals surface area contributed by atoms with Crippen molar-refractivity contribution in [2.45, 2.75) is 25.0 Å². The van der Waals surface area contributed by atoms with Crippen LogP contribution in [0, 0.1) is 0 Å². The van der Waals surface area contributed by atoms with Crippen molar-refractivity contribution in [2.75, 3.05) is 20.1 Å². The fourth-order valence-electron chi connectivity index (χ4n) is 2.13. The molecule has 1 aromatic heterocycles. The summed E-state index contributed by atoms with van der Waals surface area (Å²) in [5.41, 5.74) is 1.17. The Kier molecular flexibility index (Phi) is 4.28. The molecule has 18 heavy (non-hydrogen) atoms. The fourth-order valence-corrected chi connectivity index (χ4v) is 2.13. The molecule has 2 N–H and O–H groups in total. The third-order valence-corrected chi connectivity index (χ3v) is 3.27. The molecule has 2 rings (SSSR count). The van der Waals surface area contributed by atoms with E-state index >= 15 is 0 Å². The molecule has 1 saturated heterocycles. The van der Waals surface area contributed by atoms with Gasteiger partial charge in [-0.05, 0) is 30.5 Å². The number of carbonyl (C=O) groups excluding carboxylic acids is 1. The van der Waals surface area contributed by atoms with E-state index < -0.39 is 6.10 Å². The van der Waals surface area contributed by atoms with Crippen molar-refractivity contribution in [3.05, 3.63) is 30.1 Å². The van der Waals surface area contributed by atoms with Crippen molar-refractivity contribution in [3.63, 3.8) is 0 Å². The van der Waals surface area contributed by atoms with Gasteiger partial charge in [-0.2, -0.15) is 0 Å². The highest BCUT2D eigenvalue weighted by Crippen LogP contribution is 2.09. The molecular weight excluding hydrogens is 230 g/mol. The van der Waals surface area contributed by atoms with Gasteiger partial charge in [0.15, 0.2) is 0 Å². The molecule has 1 amide bonds. The molecule has 1 aromatic rings. The van der Waals surface area contributed by atoms with E-state index in [0.29, 0.717) is 19.5 Å². The van der Waals surface area contributed by atoms with E-state index in [-0.39, 0.29) is 11.9 Å². The summed E-state index contributed by atoms with van der Waals surface area (Å²) in [5.74, 6) is 0.0561. The van der Waals surface area contributed by atoms with Gasteiger partial charge in [-0.25, -0.2) is 0 Å². The van der Waals surface area contributed by atoms with E-state index in [1.54, 1.807) is 24.3 Å². The quantitative estimate of drug-likeness (QED) is 0.776. The second-order valence-corrected chi connectivity index (χ2v) is 4.72. The number of rotatable bonds is 4. The van der Waals surface area contributed by atoms with Crippen LogP contribution in [0.2, 0.25) is 0 Å². The standard InChI is InChI=1S/C13H19N3O2/c1-16(7-4-10-2-5-14-6-3-10)13(18)12-8-11(17)9-15-12/h2-3,5-6,11-12,15,17H,4,7-9H2,1H3. The molecule has 1 aliphatic heterocycles. The van der Waals surface area contributed by atoms with Crippen molar-refractivity contribution < 1.29 is 9.90 Å². The monoisotopic (exact) mass is 249 g/mol. The second kappa shape index (κ2) is 5.93. The molecule has 1 aliphatic rings. The molecule has 0 aromatic carbocycles. The summed E-state index contributed by atoms with van der Waals surface area (Å²) < 4.78 is 0. The van der Waals surface area contributed by atoms with E-state index in [2.05, 4.69) is 10.3 Å². The largest absolute Gasteiger partial charge is 0.392 e. The minimum absolute atomic E-state index is 0.0561. The molecule has 2 atom stereocenters. The lowest BCUT2D eigenvalue weighted by molar-refractivity contribution is -0.131. The van der Waals surface area contributed by atoms with Gasteiger partial charge in [0, 0.05) is 32.5 Å². The fraction of sp³-hybridized carbons (Fsp3) is 0.538. The van der Waals surface area contributed by atoms with Gasteiger partial charge in [0.25, 0.3) is 0 Å². The number of amides is 1. The third kappa shape index (κ3) is 3.27. The number of nitrogens with zero attached hydrogens (tertiary/aromatic N) is 2. The third-order valence-electron chi connectivity index (χ3n) is 3.27. The zero-order valence-electron chi connectivity index (χ0n) is 10.5. The maximum Gasteiger partial charge on any atom is 0.239 e. The van der Waals surface area contributed by atoms with Gasteiger partial charge >= 0.3 is 0 Å². The topological polar surface area (TPSA) is 65.5 Å². The Balaban J connectivity index is 1.81. The Morgan fingerprint density at radius 2 is 2.28 bits per heavy atom. The molecule has 98 valence electrons. The van der Waals surface area contributed by atoms with Crippen molar-refractivity contribution in [1.29, 1.82) is 0 Å². The van der Waals surface area contributed by atoms with Gasteiger partial charge in [-0.15, -0.1) is 0 Å². The van der Waals surface area contributed by atoms with Crippen LogP contribution in [-0.4, -0.2) is 53.2 Å². The summed E-state index contributed by atoms with van der Waals surface area (Å²) in [4.78, 5) is 17.7. The molecule has 0 aliphatic carbocycles. The first-order valence-electron chi connectivity index (χ1n) is 6.22. The number of aromatic nitrogens is 1. The average molecular weight is 249 g/mol. The van der Waals surface area contributed by atoms with Crippen LogP contribution in [-0.2, 0) is 11.2 Å². The Bertz CT molecular complexity index is 396. The lowest BCUT2D eigenvalue weighted by Gasteiger charge is -2.21. The van der Waals surface area contributed by atoms with E-state index in [1.165, 1.54) is 5.56 Å². The van der Waals surface area contributed by atoms with Gasteiger partial charge in [-0.3, -0.25) is 9.78 Å². The van der Waals surface area contributed by atoms with Gasteiger partial charge in [0.1, 0.15) is 0 Å². The summed E-state index contributed by atoms with van der Waals surface area (Å²) in [7, 11) is 1.80. The molecular formula is C13H19N3O2. The smallest absolute Gasteiger partial charge is 0.239 e. The Labute approximate surface area is 107 Å². The molecule has 5 nitrogen and oxygen atoms in total. The number of likely N-dealkylation sites (N-methyl/N-ethyl adjacent to an activating group) is 1. The summed E-state index contributed by atoms with van der Waals surface area (Å²) in [6.45, 7) is 1.19. The molecule has 5 heteroatoms. The SMILES string of the molecule is CN(CCc1ccncc1)C(=O)C1CC(O)CN1. The maximum atomic E-state index is 12.1. The number of aliphatic hydroxyl groups excluding tert-OH is 1. The summed E-state index contributed by atoms with van der Waals surface area (Å²) in [6.07, 6.45) is 4.45. The zero-order chi connectivity index (χ0) is 13.0. The van der Waals surface area contributed by atoms with Crippen molar-refractivity contribution in [1.82, 2.24) is 15.2 Å². The van der Waals surface area contributed by atoms with Crippen LogP contribution in [0.1, 0.15) is 12.0 Å². The predicted octanol–water partition coefficient (Wildman–Crippen LogP) is -0.195. The minimum atomic E-state index is -0.396. The molecule has 0 bridgehead atoms. The lowest BCUT2D eigenvalue weighted by atomic mass is 10.1. The highest BCUT2D eigenvalue weighted by molar-refractivity contribution is 5.82. The lowest BCUT2D eigenvalue weighted by Crippen LogP contribution is -2.42. The number of carbonyl (C=O) groups is 1. The number of hydrogen-bond donors (Lipinski definition) is 2. The van der Waals surface area contributed by atoms with Crippen LogP contribution >= 0.6 is 0 Å². The Morgan fingerprint density at radius 3 is 2.89 bits per heavy atom.